The zero-order valence-corrected chi connectivity index (χ0v) is 11.5. The van der Waals surface area contributed by atoms with Crippen LogP contribution in [0.4, 0.5) is 0 Å². The maximum Gasteiger partial charge on any atom is 0.00681 e. The molecule has 0 nitrogen and oxygen atoms in total. The third kappa shape index (κ3) is 5.10. The molecule has 0 atom stereocenters. The van der Waals surface area contributed by atoms with Gasteiger partial charge in [-0.05, 0) is 5.41 Å². The van der Waals surface area contributed by atoms with E-state index in [1.54, 1.807) is 5.16 Å². The zero-order chi connectivity index (χ0) is 6.08. The quantitative estimate of drug-likeness (QED) is 0.438. The Balaban J connectivity index is 0. The van der Waals surface area contributed by atoms with E-state index in [2.05, 4.69) is 20.8 Å². The van der Waals surface area contributed by atoms with Gasteiger partial charge >= 0.3 is 0 Å². The van der Waals surface area contributed by atoms with E-state index in [1.165, 1.54) is 20.5 Å². The molecular formula is C5H15FeSi2. The molecule has 0 rings (SSSR count). The first-order valence-electron chi connectivity index (χ1n) is 2.75. The molecule has 0 spiro atoms. The van der Waals surface area contributed by atoms with Crippen molar-refractivity contribution in [2.75, 3.05) is 0 Å². The van der Waals surface area contributed by atoms with E-state index in [1.807, 2.05) is 0 Å². The van der Waals surface area contributed by atoms with Gasteiger partial charge in [0.2, 0.25) is 0 Å². The van der Waals surface area contributed by atoms with Crippen LogP contribution in [0.15, 0.2) is 0 Å². The Morgan fingerprint density at radius 3 is 1.25 bits per heavy atom. The van der Waals surface area contributed by atoms with Crippen molar-refractivity contribution in [3.63, 3.8) is 0 Å². The molecule has 0 amide bonds. The third-order valence-corrected chi connectivity index (χ3v) is 4.50. The molecule has 0 fully saturated rings. The van der Waals surface area contributed by atoms with Crippen molar-refractivity contribution in [3.05, 3.63) is 5.16 Å². The van der Waals surface area contributed by atoms with Crippen molar-refractivity contribution in [2.45, 2.75) is 20.8 Å². The maximum absolute atomic E-state index is 2.29. The van der Waals surface area contributed by atoms with Crippen molar-refractivity contribution < 1.29 is 17.1 Å². The number of rotatable bonds is 0. The molecule has 0 aliphatic heterocycles. The van der Waals surface area contributed by atoms with E-state index in [4.69, 9.17) is 0 Å². The molecule has 0 saturated carbocycles. The summed E-state index contributed by atoms with van der Waals surface area (Å²) in [5.74, 6) is 0. The summed E-state index contributed by atoms with van der Waals surface area (Å²) >= 11 is 0. The van der Waals surface area contributed by atoms with Gasteiger partial charge in [0.25, 0.3) is 0 Å². The SMILES string of the molecule is CC(C)(C)[C]([SiH3])[SiH3].[Fe]. The summed E-state index contributed by atoms with van der Waals surface area (Å²) in [7, 11) is 2.61. The molecule has 0 N–H and O–H groups in total. The van der Waals surface area contributed by atoms with Gasteiger partial charge in [-0.3, -0.25) is 0 Å². The summed E-state index contributed by atoms with van der Waals surface area (Å²) < 4.78 is 0. The van der Waals surface area contributed by atoms with Crippen LogP contribution >= 0.6 is 0 Å². The van der Waals surface area contributed by atoms with E-state index in [0.29, 0.717) is 5.41 Å². The minimum Gasteiger partial charge on any atom is -0.0603 e. The molecule has 0 aliphatic rings. The smallest absolute Gasteiger partial charge is 0.00681 e. The first kappa shape index (κ1) is 11.7. The molecule has 0 aromatic rings. The molecule has 0 aromatic heterocycles. The van der Waals surface area contributed by atoms with Crippen molar-refractivity contribution in [1.82, 2.24) is 0 Å². The largest absolute Gasteiger partial charge is 0.0603 e. The Bertz CT molecular complexity index is 55.9. The second kappa shape index (κ2) is 3.88. The van der Waals surface area contributed by atoms with E-state index in [9.17, 15) is 0 Å². The Morgan fingerprint density at radius 2 is 1.25 bits per heavy atom. The van der Waals surface area contributed by atoms with Gasteiger partial charge in [-0.15, -0.1) is 0 Å². The fourth-order valence-corrected chi connectivity index (χ4v) is 0. The molecule has 0 aromatic carbocycles. The van der Waals surface area contributed by atoms with Crippen LogP contribution in [0.3, 0.4) is 0 Å². The third-order valence-electron chi connectivity index (χ3n) is 1.50. The van der Waals surface area contributed by atoms with Crippen LogP contribution in [0.25, 0.3) is 0 Å². The predicted molar refractivity (Wildman–Crippen MR) is 42.6 cm³/mol. The molecular weight excluding hydrogens is 172 g/mol. The molecule has 51 valence electrons. The summed E-state index contributed by atoms with van der Waals surface area (Å²) in [6.45, 7) is 6.88. The molecule has 0 saturated heterocycles. The molecule has 0 heterocycles. The summed E-state index contributed by atoms with van der Waals surface area (Å²) in [4.78, 5) is 0. The Morgan fingerprint density at radius 1 is 1.12 bits per heavy atom. The Hall–Kier alpha value is 0.953. The van der Waals surface area contributed by atoms with Crippen molar-refractivity contribution in [1.29, 1.82) is 0 Å². The average Bonchev–Trinajstić information content (AvgIpc) is 1.31. The van der Waals surface area contributed by atoms with Crippen molar-refractivity contribution in [2.24, 2.45) is 5.41 Å². The molecule has 0 aliphatic carbocycles. The van der Waals surface area contributed by atoms with Crippen molar-refractivity contribution >= 4 is 20.5 Å². The van der Waals surface area contributed by atoms with Gasteiger partial charge in [-0.25, -0.2) is 0 Å². The van der Waals surface area contributed by atoms with Crippen LogP contribution in [0.1, 0.15) is 20.8 Å². The first-order chi connectivity index (χ1) is 2.94. The maximum atomic E-state index is 2.29. The topological polar surface area (TPSA) is 0 Å². The summed E-state index contributed by atoms with van der Waals surface area (Å²) in [5, 5.41) is 1.77. The fourth-order valence-electron chi connectivity index (χ4n) is 0. The summed E-state index contributed by atoms with van der Waals surface area (Å²) in [5.41, 5.74) is 0.540. The first-order valence-corrected chi connectivity index (χ1v) is 4.75. The van der Waals surface area contributed by atoms with Gasteiger partial charge in [0.15, 0.2) is 0 Å². The Kier molecular flexibility index (Phi) is 5.68. The summed E-state index contributed by atoms with van der Waals surface area (Å²) in [6, 6.07) is 0. The van der Waals surface area contributed by atoms with Crippen LogP contribution in [-0.2, 0) is 17.1 Å². The average molecular weight is 187 g/mol. The fraction of sp³-hybridized carbons (Fsp3) is 0.800. The number of hydrogen-bond donors (Lipinski definition) is 0. The molecule has 0 unspecified atom stereocenters. The standard InChI is InChI=1S/C5H15Si2.Fe/c1-5(2,3)4(6)7;/h1-3,6-7H3;. The van der Waals surface area contributed by atoms with Gasteiger partial charge in [0.1, 0.15) is 0 Å². The van der Waals surface area contributed by atoms with E-state index < -0.39 is 0 Å². The van der Waals surface area contributed by atoms with E-state index in [0.717, 1.165) is 0 Å². The minimum atomic E-state index is 0. The predicted octanol–water partition coefficient (Wildman–Crippen LogP) is -0.750. The molecule has 1 radical (unpaired) electrons. The normalized spacial score (nSPS) is 12.0. The second-order valence-corrected chi connectivity index (χ2v) is 8.25. The van der Waals surface area contributed by atoms with Crippen LogP contribution in [0, 0.1) is 10.6 Å². The second-order valence-electron chi connectivity index (χ2n) is 3.25. The summed E-state index contributed by atoms with van der Waals surface area (Å²) in [6.07, 6.45) is 0. The van der Waals surface area contributed by atoms with Gasteiger partial charge < -0.3 is 0 Å². The van der Waals surface area contributed by atoms with Gasteiger partial charge in [0, 0.05) is 37.6 Å². The number of hydrogen-bond acceptors (Lipinski definition) is 0. The van der Waals surface area contributed by atoms with Gasteiger partial charge in [-0.1, -0.05) is 25.9 Å². The van der Waals surface area contributed by atoms with E-state index >= 15 is 0 Å². The van der Waals surface area contributed by atoms with Crippen LogP contribution in [0.2, 0.25) is 0 Å². The monoisotopic (exact) mass is 187 g/mol. The molecule has 0 bridgehead atoms. The van der Waals surface area contributed by atoms with Crippen LogP contribution < -0.4 is 0 Å². The van der Waals surface area contributed by atoms with Gasteiger partial charge in [0.05, 0.1) is 0 Å². The molecule has 3 heteroatoms. The molecule has 8 heavy (non-hydrogen) atoms. The van der Waals surface area contributed by atoms with E-state index in [-0.39, 0.29) is 17.1 Å². The van der Waals surface area contributed by atoms with Gasteiger partial charge in [-0.2, -0.15) is 0 Å². The zero-order valence-electron chi connectivity index (χ0n) is 6.35. The van der Waals surface area contributed by atoms with Crippen LogP contribution in [-0.4, -0.2) is 20.5 Å². The Labute approximate surface area is 69.1 Å². The van der Waals surface area contributed by atoms with Crippen LogP contribution in [0.5, 0.6) is 0 Å². The minimum absolute atomic E-state index is 0. The van der Waals surface area contributed by atoms with Crippen molar-refractivity contribution in [3.8, 4) is 0 Å².